The molecule has 1 fully saturated rings. The molecule has 1 N–H and O–H groups in total. The predicted molar refractivity (Wildman–Crippen MR) is 63.8 cm³/mol. The fraction of sp³-hybridized carbons (Fsp3) is 0.500. The summed E-state index contributed by atoms with van der Waals surface area (Å²) < 4.78 is 5.30. The molecular weight excluding hydrogens is 226 g/mol. The minimum absolute atomic E-state index is 0.272. The lowest BCUT2D eigenvalue weighted by atomic mass is 10.2. The van der Waals surface area contributed by atoms with E-state index in [0.717, 1.165) is 25.1 Å². The van der Waals surface area contributed by atoms with Gasteiger partial charge in [-0.25, -0.2) is 0 Å². The zero-order valence-corrected chi connectivity index (χ0v) is 10.1. The number of aromatic hydroxyl groups is 1. The van der Waals surface area contributed by atoms with Gasteiger partial charge in [-0.05, 0) is 18.6 Å². The lowest BCUT2D eigenvalue weighted by Gasteiger charge is -2.17. The van der Waals surface area contributed by atoms with Crippen LogP contribution in [0.3, 0.4) is 0 Å². The first-order valence-electron chi connectivity index (χ1n) is 5.42. The molecule has 1 atom stereocenters. The quantitative estimate of drug-likeness (QED) is 0.881. The lowest BCUT2D eigenvalue weighted by Crippen LogP contribution is -2.22. The fourth-order valence-corrected chi connectivity index (χ4v) is 2.29. The van der Waals surface area contributed by atoms with Gasteiger partial charge in [0.2, 0.25) is 0 Å². The van der Waals surface area contributed by atoms with Gasteiger partial charge in [-0.3, -0.25) is 4.90 Å². The van der Waals surface area contributed by atoms with E-state index in [2.05, 4.69) is 4.90 Å². The standard InChI is InChI=1S/C12H16ClNO2/c1-16-9-5-6-14(7-9)8-10-11(13)3-2-4-12(10)15/h2-4,9,15H,5-8H2,1H3. The van der Waals surface area contributed by atoms with Crippen LogP contribution in [-0.4, -0.2) is 36.3 Å². The molecule has 1 aliphatic heterocycles. The molecule has 88 valence electrons. The number of methoxy groups -OCH3 is 1. The topological polar surface area (TPSA) is 32.7 Å². The zero-order chi connectivity index (χ0) is 11.5. The van der Waals surface area contributed by atoms with E-state index < -0.39 is 0 Å². The Morgan fingerprint density at radius 3 is 3.00 bits per heavy atom. The summed E-state index contributed by atoms with van der Waals surface area (Å²) in [5.41, 5.74) is 0.806. The number of hydrogen-bond donors (Lipinski definition) is 1. The van der Waals surface area contributed by atoms with Gasteiger partial charge in [0.25, 0.3) is 0 Å². The molecule has 3 nitrogen and oxygen atoms in total. The monoisotopic (exact) mass is 241 g/mol. The van der Waals surface area contributed by atoms with Crippen LogP contribution in [0.1, 0.15) is 12.0 Å². The van der Waals surface area contributed by atoms with E-state index in [1.165, 1.54) is 0 Å². The molecule has 0 aliphatic carbocycles. The molecule has 2 rings (SSSR count). The van der Waals surface area contributed by atoms with E-state index in [0.29, 0.717) is 17.7 Å². The number of phenols is 1. The van der Waals surface area contributed by atoms with E-state index in [1.807, 2.05) is 0 Å². The Hall–Kier alpha value is -0.770. The maximum absolute atomic E-state index is 9.73. The highest BCUT2D eigenvalue weighted by Gasteiger charge is 2.23. The van der Waals surface area contributed by atoms with Gasteiger partial charge in [-0.2, -0.15) is 0 Å². The minimum Gasteiger partial charge on any atom is -0.508 e. The smallest absolute Gasteiger partial charge is 0.121 e. The van der Waals surface area contributed by atoms with Crippen LogP contribution < -0.4 is 0 Å². The van der Waals surface area contributed by atoms with Crippen LogP contribution in [0.25, 0.3) is 0 Å². The van der Waals surface area contributed by atoms with Gasteiger partial charge in [0.15, 0.2) is 0 Å². The first kappa shape index (κ1) is 11.7. The summed E-state index contributed by atoms with van der Waals surface area (Å²) in [6, 6.07) is 5.23. The molecule has 1 heterocycles. The van der Waals surface area contributed by atoms with Crippen molar-refractivity contribution in [1.82, 2.24) is 4.90 Å². The molecule has 16 heavy (non-hydrogen) atoms. The van der Waals surface area contributed by atoms with E-state index in [4.69, 9.17) is 16.3 Å². The maximum Gasteiger partial charge on any atom is 0.121 e. The number of likely N-dealkylation sites (tertiary alicyclic amines) is 1. The second-order valence-electron chi connectivity index (χ2n) is 4.12. The van der Waals surface area contributed by atoms with Crippen molar-refractivity contribution in [2.24, 2.45) is 0 Å². The van der Waals surface area contributed by atoms with Gasteiger partial charge in [0.05, 0.1) is 6.10 Å². The van der Waals surface area contributed by atoms with Crippen LogP contribution in [0.15, 0.2) is 18.2 Å². The molecule has 0 saturated carbocycles. The van der Waals surface area contributed by atoms with Gasteiger partial charge in [-0.15, -0.1) is 0 Å². The Kier molecular flexibility index (Phi) is 3.69. The second kappa shape index (κ2) is 5.04. The molecule has 0 spiro atoms. The number of phenolic OH excluding ortho intramolecular Hbond substituents is 1. The van der Waals surface area contributed by atoms with Crippen LogP contribution in [0.4, 0.5) is 0 Å². The van der Waals surface area contributed by atoms with Crippen molar-refractivity contribution in [3.05, 3.63) is 28.8 Å². The summed E-state index contributed by atoms with van der Waals surface area (Å²) in [4.78, 5) is 2.25. The Bertz CT molecular complexity index is 350. The third-order valence-corrected chi connectivity index (χ3v) is 3.39. The van der Waals surface area contributed by atoms with Gasteiger partial charge in [0, 0.05) is 37.3 Å². The Morgan fingerprint density at radius 1 is 1.56 bits per heavy atom. The van der Waals surface area contributed by atoms with Crippen molar-refractivity contribution < 1.29 is 9.84 Å². The maximum atomic E-state index is 9.73. The molecule has 1 aromatic carbocycles. The van der Waals surface area contributed by atoms with Gasteiger partial charge in [-0.1, -0.05) is 17.7 Å². The molecule has 0 amide bonds. The molecule has 1 aliphatic rings. The Labute approximate surface area is 101 Å². The van der Waals surface area contributed by atoms with Crippen molar-refractivity contribution >= 4 is 11.6 Å². The first-order valence-corrected chi connectivity index (χ1v) is 5.80. The average Bonchev–Trinajstić information content (AvgIpc) is 2.71. The summed E-state index contributed by atoms with van der Waals surface area (Å²) in [7, 11) is 1.74. The molecular formula is C12H16ClNO2. The molecule has 1 unspecified atom stereocenters. The van der Waals surface area contributed by atoms with Crippen LogP contribution in [-0.2, 0) is 11.3 Å². The highest BCUT2D eigenvalue weighted by Crippen LogP contribution is 2.28. The van der Waals surface area contributed by atoms with E-state index in [1.54, 1.807) is 25.3 Å². The summed E-state index contributed by atoms with van der Waals surface area (Å²) in [6.45, 7) is 2.58. The van der Waals surface area contributed by atoms with Gasteiger partial charge >= 0.3 is 0 Å². The molecule has 0 aromatic heterocycles. The largest absolute Gasteiger partial charge is 0.508 e. The number of nitrogens with zero attached hydrogens (tertiary/aromatic N) is 1. The number of ether oxygens (including phenoxy) is 1. The SMILES string of the molecule is COC1CCN(Cc2c(O)cccc2Cl)C1. The Balaban J connectivity index is 2.04. The summed E-state index contributed by atoms with van der Waals surface area (Å²) in [6.07, 6.45) is 1.35. The highest BCUT2D eigenvalue weighted by atomic mass is 35.5. The first-order chi connectivity index (χ1) is 7.70. The fourth-order valence-electron chi connectivity index (χ4n) is 2.06. The van der Waals surface area contributed by atoms with Crippen molar-refractivity contribution in [1.29, 1.82) is 0 Å². The van der Waals surface area contributed by atoms with Crippen molar-refractivity contribution in [2.45, 2.75) is 19.1 Å². The van der Waals surface area contributed by atoms with Crippen LogP contribution in [0, 0.1) is 0 Å². The van der Waals surface area contributed by atoms with E-state index in [-0.39, 0.29) is 5.75 Å². The van der Waals surface area contributed by atoms with Crippen LogP contribution >= 0.6 is 11.6 Å². The van der Waals surface area contributed by atoms with E-state index in [9.17, 15) is 5.11 Å². The number of hydrogen-bond acceptors (Lipinski definition) is 3. The average molecular weight is 242 g/mol. The summed E-state index contributed by atoms with van der Waals surface area (Å²) in [5.74, 6) is 0.272. The second-order valence-corrected chi connectivity index (χ2v) is 4.53. The molecule has 0 radical (unpaired) electrons. The van der Waals surface area contributed by atoms with Gasteiger partial charge < -0.3 is 9.84 Å². The predicted octanol–water partition coefficient (Wildman–Crippen LogP) is 2.27. The molecule has 1 aromatic rings. The lowest BCUT2D eigenvalue weighted by molar-refractivity contribution is 0.107. The summed E-state index contributed by atoms with van der Waals surface area (Å²) >= 11 is 6.06. The molecule has 1 saturated heterocycles. The van der Waals surface area contributed by atoms with Crippen molar-refractivity contribution in [3.8, 4) is 5.75 Å². The number of benzene rings is 1. The van der Waals surface area contributed by atoms with Crippen LogP contribution in [0.5, 0.6) is 5.75 Å². The highest BCUT2D eigenvalue weighted by molar-refractivity contribution is 6.31. The molecule has 0 bridgehead atoms. The molecule has 4 heteroatoms. The number of rotatable bonds is 3. The van der Waals surface area contributed by atoms with Crippen LogP contribution in [0.2, 0.25) is 5.02 Å². The normalized spacial score (nSPS) is 21.5. The minimum atomic E-state index is 0.272. The van der Waals surface area contributed by atoms with Crippen molar-refractivity contribution in [3.63, 3.8) is 0 Å². The zero-order valence-electron chi connectivity index (χ0n) is 9.32. The van der Waals surface area contributed by atoms with Crippen molar-refractivity contribution in [2.75, 3.05) is 20.2 Å². The third-order valence-electron chi connectivity index (χ3n) is 3.04. The third kappa shape index (κ3) is 2.48. The Morgan fingerprint density at radius 2 is 2.38 bits per heavy atom. The summed E-state index contributed by atoms with van der Waals surface area (Å²) in [5, 5.41) is 10.4. The van der Waals surface area contributed by atoms with E-state index >= 15 is 0 Å². The number of halogens is 1. The van der Waals surface area contributed by atoms with Gasteiger partial charge in [0.1, 0.15) is 5.75 Å².